The van der Waals surface area contributed by atoms with Crippen LogP contribution in [-0.4, -0.2) is 18.6 Å². The van der Waals surface area contributed by atoms with Crippen LogP contribution in [0.4, 0.5) is 0 Å². The summed E-state index contributed by atoms with van der Waals surface area (Å²) in [6.45, 7) is 6.42. The van der Waals surface area contributed by atoms with Crippen molar-refractivity contribution in [2.45, 2.75) is 52.5 Å². The van der Waals surface area contributed by atoms with Crippen LogP contribution in [0.3, 0.4) is 0 Å². The van der Waals surface area contributed by atoms with Crippen molar-refractivity contribution >= 4 is 5.97 Å². The molecule has 1 atom stereocenters. The standard InChI is InChI=1S/C12H23NO2/c1-12(2,3)10(13)11(14)15-8-9-6-4-5-7-9/h9-10H,4-8,13H2,1-3H3/t10-/m1/s1. The highest BCUT2D eigenvalue weighted by Gasteiger charge is 2.29. The van der Waals surface area contributed by atoms with Gasteiger partial charge >= 0.3 is 5.97 Å². The van der Waals surface area contributed by atoms with Crippen LogP contribution in [0.15, 0.2) is 0 Å². The second-order valence-corrected chi connectivity index (χ2v) is 5.62. The van der Waals surface area contributed by atoms with E-state index in [2.05, 4.69) is 0 Å². The van der Waals surface area contributed by atoms with E-state index in [4.69, 9.17) is 10.5 Å². The van der Waals surface area contributed by atoms with Gasteiger partial charge in [0.05, 0.1) is 6.61 Å². The lowest BCUT2D eigenvalue weighted by molar-refractivity contribution is -0.149. The number of carbonyl (C=O) groups is 1. The molecule has 1 rings (SSSR count). The van der Waals surface area contributed by atoms with Crippen LogP contribution in [0.5, 0.6) is 0 Å². The molecule has 0 unspecified atom stereocenters. The SMILES string of the molecule is CC(C)(C)[C@H](N)C(=O)OCC1CCCC1. The van der Waals surface area contributed by atoms with Crippen molar-refractivity contribution in [3.63, 3.8) is 0 Å². The summed E-state index contributed by atoms with van der Waals surface area (Å²) in [6, 6.07) is -0.515. The van der Waals surface area contributed by atoms with Gasteiger partial charge in [-0.2, -0.15) is 0 Å². The number of esters is 1. The molecule has 3 heteroatoms. The molecule has 1 fully saturated rings. The number of hydrogen-bond donors (Lipinski definition) is 1. The van der Waals surface area contributed by atoms with Gasteiger partial charge in [-0.25, -0.2) is 0 Å². The smallest absolute Gasteiger partial charge is 0.323 e. The predicted octanol–water partition coefficient (Wildman–Crippen LogP) is 2.09. The second kappa shape index (κ2) is 4.97. The summed E-state index contributed by atoms with van der Waals surface area (Å²) in [7, 11) is 0. The minimum absolute atomic E-state index is 0.216. The number of ether oxygens (including phenoxy) is 1. The molecule has 88 valence electrons. The van der Waals surface area contributed by atoms with Crippen molar-refractivity contribution in [2.75, 3.05) is 6.61 Å². The van der Waals surface area contributed by atoms with E-state index in [9.17, 15) is 4.79 Å². The Bertz CT molecular complexity index is 214. The molecule has 0 bridgehead atoms. The minimum atomic E-state index is -0.515. The van der Waals surface area contributed by atoms with Crippen LogP contribution in [0.1, 0.15) is 46.5 Å². The summed E-state index contributed by atoms with van der Waals surface area (Å²) in [4.78, 5) is 11.6. The average molecular weight is 213 g/mol. The molecule has 0 aliphatic heterocycles. The predicted molar refractivity (Wildman–Crippen MR) is 60.3 cm³/mol. The number of rotatable bonds is 3. The molecule has 0 spiro atoms. The Morgan fingerprint density at radius 1 is 1.40 bits per heavy atom. The quantitative estimate of drug-likeness (QED) is 0.730. The fourth-order valence-electron chi connectivity index (χ4n) is 1.82. The van der Waals surface area contributed by atoms with Gasteiger partial charge in [0.25, 0.3) is 0 Å². The van der Waals surface area contributed by atoms with Gasteiger partial charge in [0.2, 0.25) is 0 Å². The van der Waals surface area contributed by atoms with E-state index in [-0.39, 0.29) is 11.4 Å². The van der Waals surface area contributed by atoms with Gasteiger partial charge in [0, 0.05) is 0 Å². The molecule has 0 aromatic rings. The lowest BCUT2D eigenvalue weighted by atomic mass is 9.87. The van der Waals surface area contributed by atoms with Gasteiger partial charge in [0.1, 0.15) is 6.04 Å². The Morgan fingerprint density at radius 3 is 2.40 bits per heavy atom. The maximum absolute atomic E-state index is 11.6. The largest absolute Gasteiger partial charge is 0.464 e. The van der Waals surface area contributed by atoms with E-state index in [1.807, 2.05) is 20.8 Å². The Kier molecular flexibility index (Phi) is 4.14. The fraction of sp³-hybridized carbons (Fsp3) is 0.917. The molecule has 0 amide bonds. The highest BCUT2D eigenvalue weighted by molar-refractivity contribution is 5.76. The number of hydrogen-bond acceptors (Lipinski definition) is 3. The molecule has 1 aliphatic rings. The Hall–Kier alpha value is -0.570. The van der Waals surface area contributed by atoms with E-state index in [1.165, 1.54) is 25.7 Å². The summed E-state index contributed by atoms with van der Waals surface area (Å²) < 4.78 is 5.25. The van der Waals surface area contributed by atoms with E-state index >= 15 is 0 Å². The summed E-state index contributed by atoms with van der Waals surface area (Å²) in [5, 5.41) is 0. The van der Waals surface area contributed by atoms with Crippen LogP contribution in [0, 0.1) is 11.3 Å². The van der Waals surface area contributed by atoms with Crippen molar-refractivity contribution < 1.29 is 9.53 Å². The first-order chi connectivity index (χ1) is 6.91. The number of nitrogens with two attached hydrogens (primary N) is 1. The van der Waals surface area contributed by atoms with E-state index in [0.29, 0.717) is 12.5 Å². The molecule has 0 radical (unpaired) electrons. The zero-order chi connectivity index (χ0) is 11.5. The van der Waals surface area contributed by atoms with Crippen LogP contribution >= 0.6 is 0 Å². The van der Waals surface area contributed by atoms with Crippen molar-refractivity contribution in [3.8, 4) is 0 Å². The zero-order valence-electron chi connectivity index (χ0n) is 10.1. The van der Waals surface area contributed by atoms with E-state index in [0.717, 1.165) is 0 Å². The third-order valence-corrected chi connectivity index (χ3v) is 3.12. The minimum Gasteiger partial charge on any atom is -0.464 e. The Morgan fingerprint density at radius 2 is 1.93 bits per heavy atom. The maximum atomic E-state index is 11.6. The lowest BCUT2D eigenvalue weighted by Crippen LogP contribution is -2.43. The molecule has 3 nitrogen and oxygen atoms in total. The molecule has 1 saturated carbocycles. The third-order valence-electron chi connectivity index (χ3n) is 3.12. The van der Waals surface area contributed by atoms with Gasteiger partial charge in [0.15, 0.2) is 0 Å². The first-order valence-electron chi connectivity index (χ1n) is 5.83. The van der Waals surface area contributed by atoms with Crippen LogP contribution < -0.4 is 5.73 Å². The molecule has 1 aliphatic carbocycles. The Labute approximate surface area is 92.4 Å². The average Bonchev–Trinajstić information content (AvgIpc) is 2.63. The highest BCUT2D eigenvalue weighted by Crippen LogP contribution is 2.25. The monoisotopic (exact) mass is 213 g/mol. The van der Waals surface area contributed by atoms with Gasteiger partial charge < -0.3 is 10.5 Å². The van der Waals surface area contributed by atoms with Gasteiger partial charge in [-0.1, -0.05) is 33.6 Å². The van der Waals surface area contributed by atoms with Gasteiger partial charge in [-0.3, -0.25) is 4.79 Å². The zero-order valence-corrected chi connectivity index (χ0v) is 10.1. The first kappa shape index (κ1) is 12.5. The highest BCUT2D eigenvalue weighted by atomic mass is 16.5. The topological polar surface area (TPSA) is 52.3 Å². The lowest BCUT2D eigenvalue weighted by Gasteiger charge is -2.25. The molecule has 0 aromatic carbocycles. The van der Waals surface area contributed by atoms with E-state index in [1.54, 1.807) is 0 Å². The molecule has 15 heavy (non-hydrogen) atoms. The molecule has 0 saturated heterocycles. The first-order valence-corrected chi connectivity index (χ1v) is 5.83. The van der Waals surface area contributed by atoms with Gasteiger partial charge in [-0.15, -0.1) is 0 Å². The molecular weight excluding hydrogens is 190 g/mol. The van der Waals surface area contributed by atoms with Crippen molar-refractivity contribution in [1.82, 2.24) is 0 Å². The van der Waals surface area contributed by atoms with Crippen LogP contribution in [0.25, 0.3) is 0 Å². The third kappa shape index (κ3) is 3.82. The molecule has 0 aromatic heterocycles. The summed E-state index contributed by atoms with van der Waals surface area (Å²) in [5.74, 6) is 0.315. The van der Waals surface area contributed by atoms with E-state index < -0.39 is 6.04 Å². The Balaban J connectivity index is 2.29. The second-order valence-electron chi connectivity index (χ2n) is 5.62. The molecular formula is C12H23NO2. The normalized spacial score (nSPS) is 20.3. The molecule has 2 N–H and O–H groups in total. The van der Waals surface area contributed by atoms with Crippen molar-refractivity contribution in [1.29, 1.82) is 0 Å². The summed E-state index contributed by atoms with van der Waals surface area (Å²) >= 11 is 0. The summed E-state index contributed by atoms with van der Waals surface area (Å²) in [5.41, 5.74) is 5.59. The number of carbonyl (C=O) groups excluding carboxylic acids is 1. The fourth-order valence-corrected chi connectivity index (χ4v) is 1.82. The van der Waals surface area contributed by atoms with Crippen LogP contribution in [0.2, 0.25) is 0 Å². The summed E-state index contributed by atoms with van der Waals surface area (Å²) in [6.07, 6.45) is 4.93. The van der Waals surface area contributed by atoms with Crippen molar-refractivity contribution in [3.05, 3.63) is 0 Å². The van der Waals surface area contributed by atoms with Crippen molar-refractivity contribution in [2.24, 2.45) is 17.1 Å². The molecule has 0 heterocycles. The van der Waals surface area contributed by atoms with Crippen LogP contribution in [-0.2, 0) is 9.53 Å². The van der Waals surface area contributed by atoms with Gasteiger partial charge in [-0.05, 0) is 24.2 Å². The maximum Gasteiger partial charge on any atom is 0.323 e.